The van der Waals surface area contributed by atoms with Crippen molar-refractivity contribution >= 4 is 46.5 Å². The fourth-order valence-electron chi connectivity index (χ4n) is 2.21. The number of carbonyl (C=O) groups excluding carboxylic acids is 2. The zero-order valence-electron chi connectivity index (χ0n) is 15.9. The van der Waals surface area contributed by atoms with Crippen molar-refractivity contribution in [1.82, 2.24) is 10.6 Å². The molecule has 5 atom stereocenters. The maximum absolute atomic E-state index is 12.5. The molecule has 0 saturated carbocycles. The third-order valence-electron chi connectivity index (χ3n) is 4.17. The minimum atomic E-state index is -4.28. The van der Waals surface area contributed by atoms with Gasteiger partial charge in [-0.15, -0.1) is 0 Å². The molecular weight excluding hydrogens is 430 g/mol. The summed E-state index contributed by atoms with van der Waals surface area (Å²) in [6.07, 6.45) is -0.695. The van der Waals surface area contributed by atoms with E-state index in [4.69, 9.17) is 20.5 Å². The number of rotatable bonds is 13. The second-order valence-electron chi connectivity index (χ2n) is 6.55. The van der Waals surface area contributed by atoms with Crippen molar-refractivity contribution in [3.8, 4) is 0 Å². The summed E-state index contributed by atoms with van der Waals surface area (Å²) in [5.74, 6) is -5.80. The number of aliphatic carboxylic acids is 2. The van der Waals surface area contributed by atoms with E-state index in [2.05, 4.69) is 23.3 Å². The molecule has 12 nitrogen and oxygen atoms in total. The summed E-state index contributed by atoms with van der Waals surface area (Å²) in [6, 6.07) is -3.95. The van der Waals surface area contributed by atoms with E-state index >= 15 is 0 Å². The quantitative estimate of drug-likeness (QED) is 0.125. The van der Waals surface area contributed by atoms with Gasteiger partial charge < -0.3 is 26.6 Å². The Morgan fingerprint density at radius 3 is 2.07 bits per heavy atom. The van der Waals surface area contributed by atoms with Crippen LogP contribution in [-0.2, 0) is 29.3 Å². The van der Waals surface area contributed by atoms with E-state index < -0.39 is 75.3 Å². The number of hydrogen-bond acceptors (Lipinski definition) is 8. The lowest BCUT2D eigenvalue weighted by molar-refractivity contribution is -0.147. The van der Waals surface area contributed by atoms with Gasteiger partial charge in [-0.1, -0.05) is 20.3 Å². The van der Waals surface area contributed by atoms with Gasteiger partial charge in [-0.05, 0) is 12.3 Å². The van der Waals surface area contributed by atoms with Gasteiger partial charge in [0.1, 0.15) is 12.1 Å². The first-order chi connectivity index (χ1) is 13.2. The van der Waals surface area contributed by atoms with Crippen LogP contribution in [0.2, 0.25) is 0 Å². The van der Waals surface area contributed by atoms with E-state index in [0.29, 0.717) is 6.42 Å². The van der Waals surface area contributed by atoms with Crippen molar-refractivity contribution in [1.29, 1.82) is 0 Å². The van der Waals surface area contributed by atoms with Crippen molar-refractivity contribution in [3.05, 3.63) is 0 Å². The number of hydrogen-bond donors (Lipinski definition) is 7. The minimum Gasteiger partial charge on any atom is -0.481 e. The Bertz CT molecular complexity index is 714. The molecule has 0 aliphatic carbocycles. The summed E-state index contributed by atoms with van der Waals surface area (Å²) in [6.45, 7) is 3.34. The highest BCUT2D eigenvalue weighted by atomic mass is 32.2. The molecule has 14 heteroatoms. The van der Waals surface area contributed by atoms with Crippen LogP contribution in [0.4, 0.5) is 0 Å². The number of thiol groups is 1. The molecule has 0 aliphatic rings. The van der Waals surface area contributed by atoms with Crippen molar-refractivity contribution in [3.63, 3.8) is 0 Å². The number of nitrogens with one attached hydrogen (secondary N) is 2. The van der Waals surface area contributed by atoms with Gasteiger partial charge >= 0.3 is 11.9 Å². The van der Waals surface area contributed by atoms with Crippen LogP contribution < -0.4 is 16.4 Å². The van der Waals surface area contributed by atoms with Crippen molar-refractivity contribution in [2.45, 2.75) is 56.5 Å². The highest BCUT2D eigenvalue weighted by molar-refractivity contribution is 7.85. The lowest BCUT2D eigenvalue weighted by atomic mass is 9.97. The van der Waals surface area contributed by atoms with Crippen LogP contribution in [-0.4, -0.2) is 76.1 Å². The molecule has 7 N–H and O–H groups in total. The minimum absolute atomic E-state index is 0.264. The van der Waals surface area contributed by atoms with Gasteiger partial charge in [-0.3, -0.25) is 18.9 Å². The zero-order chi connectivity index (χ0) is 22.9. The Kier molecular flexibility index (Phi) is 11.2. The average Bonchev–Trinajstić information content (AvgIpc) is 2.60. The molecule has 0 aliphatic heterocycles. The Hall–Kier alpha value is -1.90. The van der Waals surface area contributed by atoms with E-state index in [1.807, 2.05) is 0 Å². The lowest BCUT2D eigenvalue weighted by Crippen LogP contribution is -2.57. The molecule has 0 spiro atoms. The summed E-state index contributed by atoms with van der Waals surface area (Å²) >= 11 is 4.02. The summed E-state index contributed by atoms with van der Waals surface area (Å²) in [5.41, 5.74) is 5.70. The monoisotopic (exact) mass is 457 g/mol. The first-order valence-corrected chi connectivity index (χ1v) is 10.8. The number of amides is 2. The Morgan fingerprint density at radius 1 is 1.10 bits per heavy atom. The van der Waals surface area contributed by atoms with Gasteiger partial charge in [0.05, 0.1) is 17.4 Å². The molecule has 0 rings (SSSR count). The highest BCUT2D eigenvalue weighted by Crippen LogP contribution is 2.12. The summed E-state index contributed by atoms with van der Waals surface area (Å²) in [7, 11) is -4.28. The second-order valence-corrected chi connectivity index (χ2v) is 8.68. The molecule has 0 aromatic rings. The van der Waals surface area contributed by atoms with Gasteiger partial charge in [0.2, 0.25) is 11.8 Å². The smallest absolute Gasteiger partial charge is 0.326 e. The van der Waals surface area contributed by atoms with Crippen LogP contribution in [0.5, 0.6) is 0 Å². The average molecular weight is 458 g/mol. The molecule has 0 heterocycles. The molecule has 29 heavy (non-hydrogen) atoms. The van der Waals surface area contributed by atoms with Crippen LogP contribution in [0.25, 0.3) is 0 Å². The summed E-state index contributed by atoms with van der Waals surface area (Å²) in [5, 5.41) is 21.1. The van der Waals surface area contributed by atoms with Crippen molar-refractivity contribution in [2.24, 2.45) is 11.7 Å². The van der Waals surface area contributed by atoms with E-state index in [9.17, 15) is 27.6 Å². The molecule has 0 fully saturated rings. The van der Waals surface area contributed by atoms with E-state index in [0.717, 1.165) is 0 Å². The van der Waals surface area contributed by atoms with Crippen LogP contribution in [0.1, 0.15) is 33.1 Å². The zero-order valence-corrected chi connectivity index (χ0v) is 17.7. The maximum Gasteiger partial charge on any atom is 0.326 e. The van der Waals surface area contributed by atoms with E-state index in [-0.39, 0.29) is 6.42 Å². The molecule has 2 amide bonds. The lowest BCUT2D eigenvalue weighted by Gasteiger charge is -2.27. The predicted molar refractivity (Wildman–Crippen MR) is 105 cm³/mol. The van der Waals surface area contributed by atoms with E-state index in [1.54, 1.807) is 13.8 Å². The first-order valence-electron chi connectivity index (χ1n) is 8.63. The SMILES string of the molecule is CC[C@H](C)[C@H](NC(=O)[C@H](S)[C@H](N)CCS(=O)(=O)O)C(=O)N[C@@H](CC(=O)O)C(=O)O. The molecule has 0 bridgehead atoms. The molecule has 0 saturated heterocycles. The third-order valence-corrected chi connectivity index (χ3v) is 5.54. The molecular formula is C15H27N3O9S2. The number of carbonyl (C=O) groups is 4. The van der Waals surface area contributed by atoms with Gasteiger partial charge in [0.15, 0.2) is 0 Å². The maximum atomic E-state index is 12.5. The molecule has 168 valence electrons. The van der Waals surface area contributed by atoms with Crippen LogP contribution in [0.15, 0.2) is 0 Å². The first kappa shape index (κ1) is 27.1. The normalized spacial score (nSPS) is 16.7. The Balaban J connectivity index is 5.22. The van der Waals surface area contributed by atoms with E-state index in [1.165, 1.54) is 0 Å². The van der Waals surface area contributed by atoms with Gasteiger partial charge in [0, 0.05) is 6.04 Å². The molecule has 0 aromatic carbocycles. The van der Waals surface area contributed by atoms with Crippen molar-refractivity contribution in [2.75, 3.05) is 5.75 Å². The molecule has 0 unspecified atom stereocenters. The predicted octanol–water partition coefficient (Wildman–Crippen LogP) is -1.53. The van der Waals surface area contributed by atoms with Crippen LogP contribution in [0.3, 0.4) is 0 Å². The number of nitrogens with two attached hydrogens (primary N) is 1. The van der Waals surface area contributed by atoms with Crippen molar-refractivity contribution < 1.29 is 42.4 Å². The molecule has 0 radical (unpaired) electrons. The Labute approximate surface area is 173 Å². The highest BCUT2D eigenvalue weighted by Gasteiger charge is 2.33. The summed E-state index contributed by atoms with van der Waals surface area (Å²) < 4.78 is 30.3. The van der Waals surface area contributed by atoms with Crippen LogP contribution >= 0.6 is 12.6 Å². The Morgan fingerprint density at radius 2 is 1.66 bits per heavy atom. The number of carboxylic acids is 2. The van der Waals surface area contributed by atoms with Gasteiger partial charge in [-0.25, -0.2) is 4.79 Å². The second kappa shape index (κ2) is 11.9. The van der Waals surface area contributed by atoms with Crippen LogP contribution in [0, 0.1) is 5.92 Å². The topological polar surface area (TPSA) is 213 Å². The van der Waals surface area contributed by atoms with Gasteiger partial charge in [0.25, 0.3) is 10.1 Å². The fraction of sp³-hybridized carbons (Fsp3) is 0.733. The third kappa shape index (κ3) is 10.4. The molecule has 0 aromatic heterocycles. The summed E-state index contributed by atoms with van der Waals surface area (Å²) in [4.78, 5) is 46.7. The van der Waals surface area contributed by atoms with Gasteiger partial charge in [-0.2, -0.15) is 21.0 Å². The standard InChI is InChI=1S/C15H27N3O9S2/c1-3-7(2)11(13(21)17-9(15(23)24)6-10(19)20)18-14(22)12(28)8(16)4-5-29(25,26)27/h7-9,11-12,28H,3-6,16H2,1-2H3,(H,17,21)(H,18,22)(H,19,20)(H,23,24)(H,25,26,27)/t7-,8+,9-,11-,12+/m0/s1. The number of carboxylic acid groups (broad SMARTS) is 2. The fourth-order valence-corrected chi connectivity index (χ4v) is 3.01. The largest absolute Gasteiger partial charge is 0.481 e.